The highest BCUT2D eigenvalue weighted by Gasteiger charge is 2.36. The number of carbonyl (C=O) groups excluding carboxylic acids is 3. The number of halogens is 1. The van der Waals surface area contributed by atoms with E-state index in [4.69, 9.17) is 5.73 Å². The standard InChI is InChI=1S/C13H14BrN3O3/c1-2-10-12(19)16-11(18)6-17(10)13(20)8-5-7(15)3-4-9(8)14/h3-5,10H,2,6,15H2,1H3,(H,16,18,19). The lowest BCUT2D eigenvalue weighted by atomic mass is 10.1. The molecule has 20 heavy (non-hydrogen) atoms. The first-order chi connectivity index (χ1) is 9.43. The first kappa shape index (κ1) is 14.5. The predicted molar refractivity (Wildman–Crippen MR) is 76.8 cm³/mol. The fraction of sp³-hybridized carbons (Fsp3) is 0.308. The second-order valence-corrected chi connectivity index (χ2v) is 5.36. The van der Waals surface area contributed by atoms with E-state index in [2.05, 4.69) is 21.2 Å². The molecule has 1 aliphatic rings. The molecule has 2 rings (SSSR count). The summed E-state index contributed by atoms with van der Waals surface area (Å²) in [5.74, 6) is -1.32. The molecule has 1 atom stereocenters. The molecule has 1 aromatic rings. The molecule has 7 heteroatoms. The summed E-state index contributed by atoms with van der Waals surface area (Å²) in [6.07, 6.45) is 0.435. The van der Waals surface area contributed by atoms with Crippen molar-refractivity contribution in [2.75, 3.05) is 12.3 Å². The van der Waals surface area contributed by atoms with Crippen LogP contribution in [-0.2, 0) is 9.59 Å². The first-order valence-corrected chi connectivity index (χ1v) is 6.93. The molecule has 0 aliphatic carbocycles. The van der Waals surface area contributed by atoms with Gasteiger partial charge in [-0.2, -0.15) is 0 Å². The van der Waals surface area contributed by atoms with Crippen LogP contribution < -0.4 is 11.1 Å². The summed E-state index contributed by atoms with van der Waals surface area (Å²) in [6, 6.07) is 4.20. The second kappa shape index (κ2) is 5.62. The van der Waals surface area contributed by atoms with Crippen molar-refractivity contribution in [1.82, 2.24) is 10.2 Å². The second-order valence-electron chi connectivity index (χ2n) is 4.51. The van der Waals surface area contributed by atoms with Gasteiger partial charge in [-0.05, 0) is 40.5 Å². The van der Waals surface area contributed by atoms with Crippen LogP contribution in [0.25, 0.3) is 0 Å². The van der Waals surface area contributed by atoms with E-state index in [1.165, 1.54) is 11.0 Å². The van der Waals surface area contributed by atoms with E-state index in [0.29, 0.717) is 22.1 Å². The van der Waals surface area contributed by atoms with Crippen LogP contribution in [0.2, 0.25) is 0 Å². The quantitative estimate of drug-likeness (QED) is 0.618. The van der Waals surface area contributed by atoms with Crippen LogP contribution in [0.15, 0.2) is 22.7 Å². The number of anilines is 1. The molecule has 1 unspecified atom stereocenters. The van der Waals surface area contributed by atoms with Gasteiger partial charge in [0.25, 0.3) is 5.91 Å². The highest BCUT2D eigenvalue weighted by atomic mass is 79.9. The Balaban J connectivity index is 2.37. The number of hydrogen-bond donors (Lipinski definition) is 2. The highest BCUT2D eigenvalue weighted by Crippen LogP contribution is 2.23. The molecule has 0 aromatic heterocycles. The minimum absolute atomic E-state index is 0.135. The maximum absolute atomic E-state index is 12.5. The lowest BCUT2D eigenvalue weighted by Crippen LogP contribution is -2.59. The minimum Gasteiger partial charge on any atom is -0.399 e. The van der Waals surface area contributed by atoms with Crippen molar-refractivity contribution in [3.8, 4) is 0 Å². The largest absolute Gasteiger partial charge is 0.399 e. The zero-order valence-electron chi connectivity index (χ0n) is 10.9. The first-order valence-electron chi connectivity index (χ1n) is 6.13. The Morgan fingerprint density at radius 3 is 2.85 bits per heavy atom. The Morgan fingerprint density at radius 1 is 1.50 bits per heavy atom. The number of amides is 3. The van der Waals surface area contributed by atoms with Crippen molar-refractivity contribution >= 4 is 39.3 Å². The summed E-state index contributed by atoms with van der Waals surface area (Å²) in [7, 11) is 0. The van der Waals surface area contributed by atoms with Crippen molar-refractivity contribution < 1.29 is 14.4 Å². The van der Waals surface area contributed by atoms with E-state index in [0.717, 1.165) is 0 Å². The van der Waals surface area contributed by atoms with E-state index >= 15 is 0 Å². The molecule has 0 spiro atoms. The molecule has 1 aliphatic heterocycles. The Labute approximate surface area is 124 Å². The highest BCUT2D eigenvalue weighted by molar-refractivity contribution is 9.10. The third-order valence-corrected chi connectivity index (χ3v) is 3.82. The van der Waals surface area contributed by atoms with Gasteiger partial charge in [-0.25, -0.2) is 0 Å². The zero-order chi connectivity index (χ0) is 14.9. The number of piperazine rings is 1. The smallest absolute Gasteiger partial charge is 0.256 e. The molecule has 1 saturated heterocycles. The lowest BCUT2D eigenvalue weighted by Gasteiger charge is -2.33. The van der Waals surface area contributed by atoms with Gasteiger partial charge < -0.3 is 10.6 Å². The topological polar surface area (TPSA) is 92.5 Å². The SMILES string of the molecule is CCC1C(=O)NC(=O)CN1C(=O)c1cc(N)ccc1Br. The van der Waals surface area contributed by atoms with Crippen LogP contribution in [0, 0.1) is 0 Å². The van der Waals surface area contributed by atoms with Gasteiger partial charge in [-0.3, -0.25) is 19.7 Å². The predicted octanol–water partition coefficient (Wildman–Crippen LogP) is 0.909. The summed E-state index contributed by atoms with van der Waals surface area (Å²) in [4.78, 5) is 37.1. The molecule has 1 heterocycles. The molecule has 0 radical (unpaired) electrons. The van der Waals surface area contributed by atoms with E-state index in [1.54, 1.807) is 19.1 Å². The lowest BCUT2D eigenvalue weighted by molar-refractivity contribution is -0.138. The summed E-state index contributed by atoms with van der Waals surface area (Å²) in [5.41, 5.74) is 6.46. The van der Waals surface area contributed by atoms with E-state index in [1.807, 2.05) is 0 Å². The average molecular weight is 340 g/mol. The van der Waals surface area contributed by atoms with E-state index < -0.39 is 17.9 Å². The number of nitrogen functional groups attached to an aromatic ring is 1. The Bertz CT molecular complexity index is 588. The normalized spacial score (nSPS) is 18.9. The molecule has 106 valence electrons. The maximum Gasteiger partial charge on any atom is 0.256 e. The number of benzene rings is 1. The van der Waals surface area contributed by atoms with Crippen LogP contribution in [0.5, 0.6) is 0 Å². The number of nitrogens with zero attached hydrogens (tertiary/aromatic N) is 1. The number of carbonyl (C=O) groups is 3. The van der Waals surface area contributed by atoms with E-state index in [9.17, 15) is 14.4 Å². The summed E-state index contributed by atoms with van der Waals surface area (Å²) >= 11 is 3.28. The molecule has 3 N–H and O–H groups in total. The van der Waals surface area contributed by atoms with E-state index in [-0.39, 0.29) is 12.5 Å². The van der Waals surface area contributed by atoms with Gasteiger partial charge in [-0.1, -0.05) is 6.92 Å². The van der Waals surface area contributed by atoms with Gasteiger partial charge in [-0.15, -0.1) is 0 Å². The molecule has 0 bridgehead atoms. The third kappa shape index (κ3) is 2.67. The fourth-order valence-corrected chi connectivity index (χ4v) is 2.56. The van der Waals surface area contributed by atoms with Gasteiger partial charge in [0, 0.05) is 10.2 Å². The molecular formula is C13H14BrN3O3. The number of nitrogens with one attached hydrogen (secondary N) is 1. The number of rotatable bonds is 2. The van der Waals surface area contributed by atoms with Crippen molar-refractivity contribution in [3.05, 3.63) is 28.2 Å². The minimum atomic E-state index is -0.645. The Kier molecular flexibility index (Phi) is 4.08. The Hall–Kier alpha value is -1.89. The van der Waals surface area contributed by atoms with Crippen LogP contribution in [0.3, 0.4) is 0 Å². The molecular weight excluding hydrogens is 326 g/mol. The number of nitrogens with two attached hydrogens (primary N) is 1. The van der Waals surface area contributed by atoms with Gasteiger partial charge in [0.2, 0.25) is 11.8 Å². The van der Waals surface area contributed by atoms with Gasteiger partial charge >= 0.3 is 0 Å². The summed E-state index contributed by atoms with van der Waals surface area (Å²) in [6.45, 7) is 1.65. The third-order valence-electron chi connectivity index (χ3n) is 3.12. The van der Waals surface area contributed by atoms with Crippen molar-refractivity contribution in [2.45, 2.75) is 19.4 Å². The zero-order valence-corrected chi connectivity index (χ0v) is 12.4. The van der Waals surface area contributed by atoms with Crippen LogP contribution in [0.1, 0.15) is 23.7 Å². The van der Waals surface area contributed by atoms with Crippen LogP contribution in [-0.4, -0.2) is 35.2 Å². The molecule has 1 fully saturated rings. The van der Waals surface area contributed by atoms with Crippen LogP contribution >= 0.6 is 15.9 Å². The summed E-state index contributed by atoms with van der Waals surface area (Å²) in [5, 5.41) is 2.23. The fourth-order valence-electron chi connectivity index (χ4n) is 2.15. The number of hydrogen-bond acceptors (Lipinski definition) is 4. The molecule has 3 amide bonds. The Morgan fingerprint density at radius 2 is 2.20 bits per heavy atom. The van der Waals surface area contributed by atoms with Gasteiger partial charge in [0.1, 0.15) is 12.6 Å². The molecule has 1 aromatic carbocycles. The van der Waals surface area contributed by atoms with Crippen LogP contribution in [0.4, 0.5) is 5.69 Å². The maximum atomic E-state index is 12.5. The molecule has 6 nitrogen and oxygen atoms in total. The van der Waals surface area contributed by atoms with Gasteiger partial charge in [0.15, 0.2) is 0 Å². The monoisotopic (exact) mass is 339 g/mol. The number of imide groups is 1. The van der Waals surface area contributed by atoms with Crippen molar-refractivity contribution in [2.24, 2.45) is 0 Å². The van der Waals surface area contributed by atoms with Gasteiger partial charge in [0.05, 0.1) is 5.56 Å². The summed E-state index contributed by atoms with van der Waals surface area (Å²) < 4.78 is 0.574. The average Bonchev–Trinajstić information content (AvgIpc) is 2.40. The molecule has 0 saturated carbocycles. The van der Waals surface area contributed by atoms with Crippen molar-refractivity contribution in [1.29, 1.82) is 0 Å². The van der Waals surface area contributed by atoms with Crippen molar-refractivity contribution in [3.63, 3.8) is 0 Å².